The van der Waals surface area contributed by atoms with Crippen LogP contribution in [0.4, 0.5) is 11.4 Å². The summed E-state index contributed by atoms with van der Waals surface area (Å²) in [6.07, 6.45) is 0. The lowest BCUT2D eigenvalue weighted by molar-refractivity contribution is -0.384. The molecular formula is C15H10ClN3O3S2. The first kappa shape index (κ1) is 16.7. The zero-order valence-electron chi connectivity index (χ0n) is 12.1. The molecule has 2 aromatic carbocycles. The molecule has 0 saturated carbocycles. The molecule has 0 spiro atoms. The summed E-state index contributed by atoms with van der Waals surface area (Å²) in [7, 11) is 0. The number of nitro benzene ring substituents is 1. The minimum absolute atomic E-state index is 0.0270. The first-order chi connectivity index (χ1) is 11.5. The van der Waals surface area contributed by atoms with Gasteiger partial charge in [-0.05, 0) is 18.2 Å². The van der Waals surface area contributed by atoms with Crippen molar-refractivity contribution in [1.29, 1.82) is 0 Å². The van der Waals surface area contributed by atoms with Gasteiger partial charge in [-0.1, -0.05) is 35.5 Å². The highest BCUT2D eigenvalue weighted by Crippen LogP contribution is 2.32. The van der Waals surface area contributed by atoms with E-state index < -0.39 is 4.92 Å². The van der Waals surface area contributed by atoms with Crippen LogP contribution in [0.1, 0.15) is 0 Å². The Morgan fingerprint density at radius 2 is 2.12 bits per heavy atom. The summed E-state index contributed by atoms with van der Waals surface area (Å²) in [5, 5.41) is 14.0. The van der Waals surface area contributed by atoms with Crippen molar-refractivity contribution in [3.8, 4) is 0 Å². The molecule has 6 nitrogen and oxygen atoms in total. The zero-order valence-corrected chi connectivity index (χ0v) is 14.5. The molecule has 1 aromatic heterocycles. The second-order valence-electron chi connectivity index (χ2n) is 4.71. The van der Waals surface area contributed by atoms with E-state index in [9.17, 15) is 14.9 Å². The summed E-state index contributed by atoms with van der Waals surface area (Å²) >= 11 is 8.59. The fourth-order valence-electron chi connectivity index (χ4n) is 1.94. The summed E-state index contributed by atoms with van der Waals surface area (Å²) in [4.78, 5) is 26.7. The normalized spacial score (nSPS) is 10.7. The smallest absolute Gasteiger partial charge is 0.270 e. The molecule has 122 valence electrons. The van der Waals surface area contributed by atoms with Crippen LogP contribution in [-0.2, 0) is 4.79 Å². The maximum Gasteiger partial charge on any atom is 0.270 e. The van der Waals surface area contributed by atoms with Gasteiger partial charge in [0.15, 0.2) is 4.34 Å². The van der Waals surface area contributed by atoms with Crippen molar-refractivity contribution >= 4 is 62.2 Å². The first-order valence-electron chi connectivity index (χ1n) is 6.75. The van der Waals surface area contributed by atoms with Crippen LogP contribution in [0, 0.1) is 10.1 Å². The number of rotatable bonds is 5. The molecule has 0 saturated heterocycles. The molecule has 9 heteroatoms. The second kappa shape index (κ2) is 7.16. The number of carbonyl (C=O) groups excluding carboxylic acids is 1. The van der Waals surface area contributed by atoms with Crippen LogP contribution >= 0.6 is 34.7 Å². The van der Waals surface area contributed by atoms with E-state index in [1.165, 1.54) is 35.2 Å². The number of fused-ring (bicyclic) bond motifs is 1. The van der Waals surface area contributed by atoms with E-state index in [1.807, 2.05) is 0 Å². The number of thiazole rings is 1. The number of anilines is 1. The van der Waals surface area contributed by atoms with Crippen molar-refractivity contribution in [2.75, 3.05) is 11.1 Å². The van der Waals surface area contributed by atoms with Crippen molar-refractivity contribution in [3.63, 3.8) is 0 Å². The molecule has 3 rings (SSSR count). The lowest BCUT2D eigenvalue weighted by Crippen LogP contribution is -2.14. The number of carbonyl (C=O) groups is 1. The number of halogens is 1. The number of nitrogens with zero attached hydrogens (tertiary/aromatic N) is 2. The molecule has 0 unspecified atom stereocenters. The predicted molar refractivity (Wildman–Crippen MR) is 97.1 cm³/mol. The van der Waals surface area contributed by atoms with E-state index in [0.717, 1.165) is 4.70 Å². The van der Waals surface area contributed by atoms with Gasteiger partial charge in [0, 0.05) is 12.1 Å². The van der Waals surface area contributed by atoms with Crippen molar-refractivity contribution in [2.45, 2.75) is 4.34 Å². The van der Waals surface area contributed by atoms with E-state index in [4.69, 9.17) is 11.6 Å². The molecule has 0 aliphatic rings. The Labute approximate surface area is 150 Å². The number of benzene rings is 2. The fraction of sp³-hybridized carbons (Fsp3) is 0.0667. The van der Waals surface area contributed by atoms with Gasteiger partial charge >= 0.3 is 0 Å². The molecule has 0 fully saturated rings. The van der Waals surface area contributed by atoms with E-state index in [2.05, 4.69) is 10.3 Å². The summed E-state index contributed by atoms with van der Waals surface area (Å²) in [6.45, 7) is 0. The monoisotopic (exact) mass is 379 g/mol. The molecule has 0 atom stereocenters. The zero-order chi connectivity index (χ0) is 17.1. The lowest BCUT2D eigenvalue weighted by atomic mass is 10.3. The summed E-state index contributed by atoms with van der Waals surface area (Å²) in [6, 6.07) is 11.5. The van der Waals surface area contributed by atoms with Gasteiger partial charge in [-0.2, -0.15) is 0 Å². The third kappa shape index (κ3) is 3.84. The predicted octanol–water partition coefficient (Wildman–Crippen LogP) is 4.59. The Bertz CT molecular complexity index is 929. The molecule has 0 aliphatic carbocycles. The maximum absolute atomic E-state index is 12.0. The number of nitrogens with one attached hydrogen (secondary N) is 1. The Morgan fingerprint density at radius 1 is 1.33 bits per heavy atom. The van der Waals surface area contributed by atoms with Crippen LogP contribution < -0.4 is 5.32 Å². The van der Waals surface area contributed by atoms with Crippen LogP contribution in [0.5, 0.6) is 0 Å². The van der Waals surface area contributed by atoms with Gasteiger partial charge in [-0.3, -0.25) is 14.9 Å². The van der Waals surface area contributed by atoms with Crippen LogP contribution in [0.3, 0.4) is 0 Å². The Hall–Kier alpha value is -2.16. The molecule has 0 bridgehead atoms. The average Bonchev–Trinajstić information content (AvgIpc) is 2.97. The number of hydrogen-bond acceptors (Lipinski definition) is 6. The third-order valence-corrected chi connectivity index (χ3v) is 5.53. The van der Waals surface area contributed by atoms with Gasteiger partial charge in [0.05, 0.1) is 31.6 Å². The van der Waals surface area contributed by atoms with Crippen LogP contribution in [-0.4, -0.2) is 21.6 Å². The van der Waals surface area contributed by atoms with E-state index in [0.29, 0.717) is 20.6 Å². The molecule has 1 N–H and O–H groups in total. The Morgan fingerprint density at radius 3 is 2.88 bits per heavy atom. The maximum atomic E-state index is 12.0. The van der Waals surface area contributed by atoms with Gasteiger partial charge in [0.1, 0.15) is 0 Å². The highest BCUT2D eigenvalue weighted by atomic mass is 35.5. The third-order valence-electron chi connectivity index (χ3n) is 3.04. The summed E-state index contributed by atoms with van der Waals surface area (Å²) in [5.41, 5.74) is 1.27. The van der Waals surface area contributed by atoms with Crippen molar-refractivity contribution < 1.29 is 9.72 Å². The molecule has 24 heavy (non-hydrogen) atoms. The molecule has 1 amide bonds. The number of aromatic nitrogens is 1. The first-order valence-corrected chi connectivity index (χ1v) is 8.93. The molecule has 0 radical (unpaired) electrons. The summed E-state index contributed by atoms with van der Waals surface area (Å²) < 4.78 is 1.40. The minimum atomic E-state index is -0.441. The van der Waals surface area contributed by atoms with Gasteiger partial charge < -0.3 is 5.32 Å². The summed E-state index contributed by atoms with van der Waals surface area (Å²) in [5.74, 6) is -0.0222. The number of thioether (sulfide) groups is 1. The lowest BCUT2D eigenvalue weighted by Gasteiger charge is -2.05. The molecular weight excluding hydrogens is 370 g/mol. The second-order valence-corrected chi connectivity index (χ2v) is 7.37. The molecule has 1 heterocycles. The van der Waals surface area contributed by atoms with Crippen LogP contribution in [0.15, 0.2) is 46.8 Å². The largest absolute Gasteiger partial charge is 0.324 e. The number of hydrogen-bond donors (Lipinski definition) is 1. The highest BCUT2D eigenvalue weighted by molar-refractivity contribution is 8.01. The standard InChI is InChI=1S/C15H10ClN3O3S2/c16-10-3-1-2-4-11(10)17-14(20)8-23-15-18-12-6-5-9(19(21)22)7-13(12)24-15/h1-7H,8H2,(H,17,20). The van der Waals surface area contributed by atoms with E-state index >= 15 is 0 Å². The SMILES string of the molecule is O=C(CSc1nc2ccc([N+](=O)[O-])cc2s1)Nc1ccccc1Cl. The van der Waals surface area contributed by atoms with Crippen molar-refractivity contribution in [3.05, 3.63) is 57.6 Å². The quantitative estimate of drug-likeness (QED) is 0.398. The molecule has 0 aliphatic heterocycles. The topological polar surface area (TPSA) is 85.1 Å². The van der Waals surface area contributed by atoms with Crippen molar-refractivity contribution in [2.24, 2.45) is 0 Å². The van der Waals surface area contributed by atoms with E-state index in [-0.39, 0.29) is 17.3 Å². The Balaban J connectivity index is 1.66. The van der Waals surface area contributed by atoms with Gasteiger partial charge in [0.2, 0.25) is 5.91 Å². The highest BCUT2D eigenvalue weighted by Gasteiger charge is 2.12. The number of para-hydroxylation sites is 1. The minimum Gasteiger partial charge on any atom is -0.324 e. The number of non-ortho nitro benzene ring substituents is 1. The van der Waals surface area contributed by atoms with Gasteiger partial charge in [0.25, 0.3) is 5.69 Å². The number of nitro groups is 1. The van der Waals surface area contributed by atoms with Crippen molar-refractivity contribution in [1.82, 2.24) is 4.98 Å². The number of amides is 1. The van der Waals surface area contributed by atoms with Gasteiger partial charge in [-0.15, -0.1) is 11.3 Å². The van der Waals surface area contributed by atoms with Gasteiger partial charge in [-0.25, -0.2) is 4.98 Å². The Kier molecular flexibility index (Phi) is 4.98. The molecule has 3 aromatic rings. The average molecular weight is 380 g/mol. The fourth-order valence-corrected chi connectivity index (χ4v) is 4.03. The van der Waals surface area contributed by atoms with Crippen LogP contribution in [0.25, 0.3) is 10.2 Å². The van der Waals surface area contributed by atoms with E-state index in [1.54, 1.807) is 30.3 Å². The van der Waals surface area contributed by atoms with Crippen LogP contribution in [0.2, 0.25) is 5.02 Å².